The maximum Gasteiger partial charge on any atom is 0.0406 e. The van der Waals surface area contributed by atoms with Crippen LogP contribution in [0.2, 0.25) is 5.02 Å². The Kier molecular flexibility index (Phi) is 3.82. The van der Waals surface area contributed by atoms with E-state index in [0.29, 0.717) is 5.41 Å². The molecule has 0 aliphatic heterocycles. The van der Waals surface area contributed by atoms with Gasteiger partial charge in [0.05, 0.1) is 0 Å². The molecule has 0 unspecified atom stereocenters. The molecular weight excluding hydrogens is 228 g/mol. The summed E-state index contributed by atoms with van der Waals surface area (Å²) in [7, 11) is 0. The highest BCUT2D eigenvalue weighted by atomic mass is 35.5. The van der Waals surface area contributed by atoms with E-state index in [1.54, 1.807) is 0 Å². The largest absolute Gasteiger partial charge is 0.0843 e. The number of hydrogen-bond donors (Lipinski definition) is 0. The van der Waals surface area contributed by atoms with Gasteiger partial charge in [0.2, 0.25) is 0 Å². The average Bonchev–Trinajstić information content (AvgIpc) is 2.30. The van der Waals surface area contributed by atoms with Crippen LogP contribution in [0.5, 0.6) is 0 Å². The Hall–Kier alpha value is -0.490. The van der Waals surface area contributed by atoms with E-state index in [4.69, 9.17) is 11.6 Å². The monoisotopic (exact) mass is 250 g/mol. The van der Waals surface area contributed by atoms with Gasteiger partial charge < -0.3 is 0 Å². The van der Waals surface area contributed by atoms with Crippen molar-refractivity contribution in [3.8, 4) is 0 Å². The normalized spacial score (nSPS) is 29.6. The number of rotatable bonds is 2. The van der Waals surface area contributed by atoms with Crippen LogP contribution < -0.4 is 0 Å². The standard InChI is InChI=1S/C16H23Cl/c1-12(2)13-8-10-16(3,11-9-13)14-4-6-15(17)7-5-14/h4-7,12-13H,8-11H2,1-3H3. The first-order chi connectivity index (χ1) is 8.01. The molecule has 0 aromatic heterocycles. The van der Waals surface area contributed by atoms with Gasteiger partial charge in [-0.15, -0.1) is 0 Å². The summed E-state index contributed by atoms with van der Waals surface area (Å²) in [5.41, 5.74) is 1.83. The summed E-state index contributed by atoms with van der Waals surface area (Å²) in [5.74, 6) is 1.76. The Balaban J connectivity index is 2.09. The molecule has 0 amide bonds. The molecule has 0 nitrogen and oxygen atoms in total. The summed E-state index contributed by atoms with van der Waals surface area (Å²) in [4.78, 5) is 0. The van der Waals surface area contributed by atoms with Gasteiger partial charge in [-0.25, -0.2) is 0 Å². The zero-order valence-corrected chi connectivity index (χ0v) is 11.9. The van der Waals surface area contributed by atoms with Crippen LogP contribution in [0.1, 0.15) is 52.0 Å². The van der Waals surface area contributed by atoms with Crippen molar-refractivity contribution >= 4 is 11.6 Å². The molecule has 1 heteroatoms. The lowest BCUT2D eigenvalue weighted by Gasteiger charge is -2.39. The lowest BCUT2D eigenvalue weighted by Crippen LogP contribution is -2.30. The van der Waals surface area contributed by atoms with Crippen molar-refractivity contribution in [3.63, 3.8) is 0 Å². The van der Waals surface area contributed by atoms with Crippen LogP contribution in [0, 0.1) is 11.8 Å². The van der Waals surface area contributed by atoms with E-state index in [-0.39, 0.29) is 0 Å². The Morgan fingerprint density at radius 2 is 1.65 bits per heavy atom. The molecule has 0 heterocycles. The SMILES string of the molecule is CC(C)C1CCC(C)(c2ccc(Cl)cc2)CC1. The Morgan fingerprint density at radius 1 is 1.12 bits per heavy atom. The second-order valence-corrected chi connectivity index (χ2v) is 6.59. The van der Waals surface area contributed by atoms with Gasteiger partial charge in [0.1, 0.15) is 0 Å². The average molecular weight is 251 g/mol. The Morgan fingerprint density at radius 3 is 2.12 bits per heavy atom. The van der Waals surface area contributed by atoms with Crippen LogP contribution >= 0.6 is 11.6 Å². The Labute approximate surface area is 110 Å². The molecule has 0 radical (unpaired) electrons. The number of hydrogen-bond acceptors (Lipinski definition) is 0. The topological polar surface area (TPSA) is 0 Å². The lowest BCUT2D eigenvalue weighted by atomic mass is 9.66. The van der Waals surface area contributed by atoms with Crippen LogP contribution in [-0.2, 0) is 5.41 Å². The molecule has 94 valence electrons. The van der Waals surface area contributed by atoms with Crippen LogP contribution in [-0.4, -0.2) is 0 Å². The molecule has 1 aromatic carbocycles. The van der Waals surface area contributed by atoms with Gasteiger partial charge in [-0.2, -0.15) is 0 Å². The molecule has 1 aromatic rings. The molecule has 1 saturated carbocycles. The zero-order chi connectivity index (χ0) is 12.5. The minimum Gasteiger partial charge on any atom is -0.0843 e. The van der Waals surface area contributed by atoms with Gasteiger partial charge >= 0.3 is 0 Å². The van der Waals surface area contributed by atoms with E-state index in [0.717, 1.165) is 16.9 Å². The zero-order valence-electron chi connectivity index (χ0n) is 11.2. The first-order valence-electron chi connectivity index (χ1n) is 6.77. The molecule has 0 spiro atoms. The first-order valence-corrected chi connectivity index (χ1v) is 7.15. The third-order valence-electron chi connectivity index (χ3n) is 4.62. The second kappa shape index (κ2) is 5.02. The number of halogens is 1. The van der Waals surface area contributed by atoms with E-state index in [9.17, 15) is 0 Å². The molecule has 0 N–H and O–H groups in total. The maximum atomic E-state index is 5.96. The Bertz CT molecular complexity index is 356. The van der Waals surface area contributed by atoms with E-state index in [1.165, 1.54) is 31.2 Å². The molecule has 1 fully saturated rings. The minimum absolute atomic E-state index is 0.371. The molecule has 1 aliphatic rings. The third-order valence-corrected chi connectivity index (χ3v) is 4.87. The van der Waals surface area contributed by atoms with Gasteiger partial charge in [-0.05, 0) is 60.6 Å². The van der Waals surface area contributed by atoms with Crippen LogP contribution in [0.4, 0.5) is 0 Å². The molecule has 0 saturated heterocycles. The lowest BCUT2D eigenvalue weighted by molar-refractivity contribution is 0.204. The van der Waals surface area contributed by atoms with Crippen LogP contribution in [0.25, 0.3) is 0 Å². The predicted molar refractivity (Wildman–Crippen MR) is 75.6 cm³/mol. The molecular formula is C16H23Cl. The van der Waals surface area contributed by atoms with Crippen LogP contribution in [0.3, 0.4) is 0 Å². The summed E-state index contributed by atoms with van der Waals surface area (Å²) in [6.45, 7) is 7.12. The molecule has 17 heavy (non-hydrogen) atoms. The summed E-state index contributed by atoms with van der Waals surface area (Å²) in [5, 5.41) is 0.841. The van der Waals surface area contributed by atoms with Crippen LogP contribution in [0.15, 0.2) is 24.3 Å². The predicted octanol–water partition coefficient (Wildman–Crippen LogP) is 5.44. The molecule has 1 aliphatic carbocycles. The fourth-order valence-electron chi connectivity index (χ4n) is 3.08. The van der Waals surface area contributed by atoms with Gasteiger partial charge in [-0.3, -0.25) is 0 Å². The van der Waals surface area contributed by atoms with E-state index in [1.807, 2.05) is 12.1 Å². The molecule has 0 bridgehead atoms. The highest BCUT2D eigenvalue weighted by Crippen LogP contribution is 2.43. The van der Waals surface area contributed by atoms with Gasteiger partial charge in [-0.1, -0.05) is 44.5 Å². The van der Waals surface area contributed by atoms with E-state index >= 15 is 0 Å². The number of benzene rings is 1. The molecule has 0 atom stereocenters. The van der Waals surface area contributed by atoms with Crippen molar-refractivity contribution in [2.45, 2.75) is 51.9 Å². The van der Waals surface area contributed by atoms with Crippen molar-refractivity contribution in [1.82, 2.24) is 0 Å². The van der Waals surface area contributed by atoms with Gasteiger partial charge in [0.25, 0.3) is 0 Å². The summed E-state index contributed by atoms with van der Waals surface area (Å²) in [6, 6.07) is 8.46. The van der Waals surface area contributed by atoms with Crippen molar-refractivity contribution < 1.29 is 0 Å². The van der Waals surface area contributed by atoms with Crippen molar-refractivity contribution in [3.05, 3.63) is 34.9 Å². The highest BCUT2D eigenvalue weighted by molar-refractivity contribution is 6.30. The summed E-state index contributed by atoms with van der Waals surface area (Å²) in [6.07, 6.45) is 5.38. The molecule has 2 rings (SSSR count). The fourth-order valence-corrected chi connectivity index (χ4v) is 3.21. The minimum atomic E-state index is 0.371. The summed E-state index contributed by atoms with van der Waals surface area (Å²) >= 11 is 5.96. The highest BCUT2D eigenvalue weighted by Gasteiger charge is 2.33. The van der Waals surface area contributed by atoms with E-state index < -0.39 is 0 Å². The fraction of sp³-hybridized carbons (Fsp3) is 0.625. The van der Waals surface area contributed by atoms with Crippen molar-refractivity contribution in [2.24, 2.45) is 11.8 Å². The van der Waals surface area contributed by atoms with Gasteiger partial charge in [0.15, 0.2) is 0 Å². The summed E-state index contributed by atoms with van der Waals surface area (Å²) < 4.78 is 0. The first kappa shape index (κ1) is 13.0. The van der Waals surface area contributed by atoms with E-state index in [2.05, 4.69) is 32.9 Å². The second-order valence-electron chi connectivity index (χ2n) is 6.15. The third kappa shape index (κ3) is 2.85. The maximum absolute atomic E-state index is 5.96. The van der Waals surface area contributed by atoms with Crippen molar-refractivity contribution in [1.29, 1.82) is 0 Å². The quantitative estimate of drug-likeness (QED) is 0.655. The van der Waals surface area contributed by atoms with Crippen molar-refractivity contribution in [2.75, 3.05) is 0 Å². The smallest absolute Gasteiger partial charge is 0.0406 e. The van der Waals surface area contributed by atoms with Gasteiger partial charge in [0, 0.05) is 5.02 Å².